The van der Waals surface area contributed by atoms with E-state index in [1.165, 1.54) is 11.8 Å². The summed E-state index contributed by atoms with van der Waals surface area (Å²) in [5.41, 5.74) is 1.25. The third kappa shape index (κ3) is 3.71. The van der Waals surface area contributed by atoms with Crippen LogP contribution in [0.5, 0.6) is 0 Å². The summed E-state index contributed by atoms with van der Waals surface area (Å²) in [5, 5.41) is 3.65. The van der Waals surface area contributed by atoms with Crippen molar-refractivity contribution in [3.8, 4) is 10.8 Å². The van der Waals surface area contributed by atoms with E-state index in [-0.39, 0.29) is 5.56 Å². The van der Waals surface area contributed by atoms with Gasteiger partial charge in [-0.2, -0.15) is 0 Å². The van der Waals surface area contributed by atoms with Crippen LogP contribution >= 0.6 is 34.7 Å². The molecule has 0 aliphatic heterocycles. The van der Waals surface area contributed by atoms with Crippen molar-refractivity contribution in [1.82, 2.24) is 14.5 Å². The highest BCUT2D eigenvalue weighted by atomic mass is 35.5. The van der Waals surface area contributed by atoms with Crippen molar-refractivity contribution in [3.05, 3.63) is 75.7 Å². The molecular formula is C19H14ClN3O2S2. The minimum absolute atomic E-state index is 0.113. The summed E-state index contributed by atoms with van der Waals surface area (Å²) in [6.07, 6.45) is 3.32. The van der Waals surface area contributed by atoms with Crippen LogP contribution in [0.1, 0.15) is 5.69 Å². The molecule has 4 aromatic rings. The molecule has 0 saturated heterocycles. The smallest absolute Gasteiger partial charge is 0.262 e. The molecule has 0 spiro atoms. The number of thiophene rings is 1. The molecular weight excluding hydrogens is 402 g/mol. The Labute approximate surface area is 168 Å². The second kappa shape index (κ2) is 7.72. The van der Waals surface area contributed by atoms with Gasteiger partial charge in [0.25, 0.3) is 5.56 Å². The minimum atomic E-state index is -0.113. The number of benzene rings is 1. The van der Waals surface area contributed by atoms with Crippen molar-refractivity contribution in [2.24, 2.45) is 0 Å². The SMILES string of the molecule is C=CCn1c(SCc2coc(-c3cccs3)n2)nc2cc(Cl)ccc2c1=O. The van der Waals surface area contributed by atoms with Gasteiger partial charge in [-0.25, -0.2) is 9.97 Å². The lowest BCUT2D eigenvalue weighted by Crippen LogP contribution is -2.22. The summed E-state index contributed by atoms with van der Waals surface area (Å²) in [7, 11) is 0. The van der Waals surface area contributed by atoms with Crippen LogP contribution in [0.2, 0.25) is 5.02 Å². The summed E-state index contributed by atoms with van der Waals surface area (Å²) in [4.78, 5) is 22.9. The van der Waals surface area contributed by atoms with E-state index in [1.807, 2.05) is 17.5 Å². The van der Waals surface area contributed by atoms with E-state index in [2.05, 4.69) is 16.5 Å². The number of hydrogen-bond acceptors (Lipinski definition) is 6. The van der Waals surface area contributed by atoms with Crippen LogP contribution in [0.25, 0.3) is 21.7 Å². The average molecular weight is 416 g/mol. The van der Waals surface area contributed by atoms with E-state index < -0.39 is 0 Å². The Morgan fingerprint density at radius 1 is 1.33 bits per heavy atom. The molecule has 1 aromatic carbocycles. The second-order valence-corrected chi connectivity index (χ2v) is 8.00. The van der Waals surface area contributed by atoms with Crippen molar-refractivity contribution in [2.75, 3.05) is 0 Å². The van der Waals surface area contributed by atoms with Gasteiger partial charge in [-0.15, -0.1) is 17.9 Å². The van der Waals surface area contributed by atoms with E-state index in [1.54, 1.807) is 46.4 Å². The average Bonchev–Trinajstić information content (AvgIpc) is 3.34. The lowest BCUT2D eigenvalue weighted by Gasteiger charge is -2.11. The van der Waals surface area contributed by atoms with Crippen LogP contribution in [0.3, 0.4) is 0 Å². The predicted molar refractivity (Wildman–Crippen MR) is 111 cm³/mol. The number of nitrogens with zero attached hydrogens (tertiary/aromatic N) is 3. The number of thioether (sulfide) groups is 1. The van der Waals surface area contributed by atoms with Crippen molar-refractivity contribution in [2.45, 2.75) is 17.5 Å². The maximum absolute atomic E-state index is 12.8. The van der Waals surface area contributed by atoms with Crippen LogP contribution < -0.4 is 5.56 Å². The molecule has 0 radical (unpaired) electrons. The fourth-order valence-electron chi connectivity index (χ4n) is 2.60. The lowest BCUT2D eigenvalue weighted by molar-refractivity contribution is 0.575. The first-order valence-electron chi connectivity index (χ1n) is 8.08. The minimum Gasteiger partial charge on any atom is -0.444 e. The molecule has 0 aliphatic rings. The van der Waals surface area contributed by atoms with Crippen molar-refractivity contribution in [1.29, 1.82) is 0 Å². The van der Waals surface area contributed by atoms with E-state index >= 15 is 0 Å². The first-order valence-corrected chi connectivity index (χ1v) is 10.3. The quantitative estimate of drug-likeness (QED) is 0.244. The van der Waals surface area contributed by atoms with Crippen LogP contribution in [0, 0.1) is 0 Å². The zero-order valence-corrected chi connectivity index (χ0v) is 16.5. The highest BCUT2D eigenvalue weighted by molar-refractivity contribution is 7.98. The van der Waals surface area contributed by atoms with Gasteiger partial charge in [0.15, 0.2) is 5.16 Å². The molecule has 4 rings (SSSR count). The number of rotatable bonds is 6. The molecule has 5 nitrogen and oxygen atoms in total. The highest BCUT2D eigenvalue weighted by Crippen LogP contribution is 2.27. The van der Waals surface area contributed by atoms with Crippen LogP contribution in [0.4, 0.5) is 0 Å². The fraction of sp³-hybridized carbons (Fsp3) is 0.105. The molecule has 0 fully saturated rings. The van der Waals surface area contributed by atoms with Gasteiger partial charge in [0.2, 0.25) is 5.89 Å². The lowest BCUT2D eigenvalue weighted by atomic mass is 10.2. The topological polar surface area (TPSA) is 60.9 Å². The Kier molecular flexibility index (Phi) is 5.15. The molecule has 0 unspecified atom stereocenters. The monoisotopic (exact) mass is 415 g/mol. The summed E-state index contributed by atoms with van der Waals surface area (Å²) in [6, 6.07) is 9.01. The van der Waals surface area contributed by atoms with Gasteiger partial charge in [-0.1, -0.05) is 35.5 Å². The number of oxazole rings is 1. The van der Waals surface area contributed by atoms with E-state index in [9.17, 15) is 4.79 Å². The van der Waals surface area contributed by atoms with Gasteiger partial charge in [-0.05, 0) is 29.6 Å². The summed E-state index contributed by atoms with van der Waals surface area (Å²) in [6.45, 7) is 4.12. The molecule has 0 N–H and O–H groups in total. The number of halogens is 1. The van der Waals surface area contributed by atoms with Crippen LogP contribution in [0.15, 0.2) is 69.0 Å². The summed E-state index contributed by atoms with van der Waals surface area (Å²) >= 11 is 9.06. The molecule has 0 aliphatic carbocycles. The Morgan fingerprint density at radius 2 is 2.22 bits per heavy atom. The van der Waals surface area contributed by atoms with Crippen LogP contribution in [-0.2, 0) is 12.3 Å². The molecule has 27 heavy (non-hydrogen) atoms. The van der Waals surface area contributed by atoms with Crippen molar-refractivity contribution in [3.63, 3.8) is 0 Å². The highest BCUT2D eigenvalue weighted by Gasteiger charge is 2.13. The number of fused-ring (bicyclic) bond motifs is 1. The van der Waals surface area contributed by atoms with Gasteiger partial charge in [0, 0.05) is 17.3 Å². The molecule has 0 amide bonds. The zero-order valence-electron chi connectivity index (χ0n) is 14.1. The van der Waals surface area contributed by atoms with Gasteiger partial charge < -0.3 is 4.42 Å². The summed E-state index contributed by atoms with van der Waals surface area (Å²) < 4.78 is 7.15. The first-order chi connectivity index (χ1) is 13.2. The van der Waals surface area contributed by atoms with Crippen LogP contribution in [-0.4, -0.2) is 14.5 Å². The third-order valence-electron chi connectivity index (χ3n) is 3.83. The second-order valence-electron chi connectivity index (χ2n) is 5.67. The van der Waals surface area contributed by atoms with Crippen molar-refractivity contribution < 1.29 is 4.42 Å². The van der Waals surface area contributed by atoms with E-state index in [4.69, 9.17) is 16.0 Å². The zero-order chi connectivity index (χ0) is 18.8. The third-order valence-corrected chi connectivity index (χ3v) is 5.93. The molecule has 3 aromatic heterocycles. The molecule has 0 bridgehead atoms. The van der Waals surface area contributed by atoms with Gasteiger partial charge in [0.1, 0.15) is 6.26 Å². The number of hydrogen-bond donors (Lipinski definition) is 0. The molecule has 0 atom stereocenters. The maximum Gasteiger partial charge on any atom is 0.262 e. The van der Waals surface area contributed by atoms with Gasteiger partial charge in [-0.3, -0.25) is 9.36 Å². The Morgan fingerprint density at radius 3 is 3.00 bits per heavy atom. The van der Waals surface area contributed by atoms with E-state index in [0.717, 1.165) is 10.6 Å². The van der Waals surface area contributed by atoms with Gasteiger partial charge in [0.05, 0.1) is 21.5 Å². The summed E-state index contributed by atoms with van der Waals surface area (Å²) in [5.74, 6) is 1.13. The maximum atomic E-state index is 12.8. The number of allylic oxidation sites excluding steroid dienone is 1. The molecule has 136 valence electrons. The Hall–Kier alpha value is -2.35. The fourth-order valence-corrected chi connectivity index (χ4v) is 4.31. The molecule has 8 heteroatoms. The van der Waals surface area contributed by atoms with Gasteiger partial charge >= 0.3 is 0 Å². The largest absolute Gasteiger partial charge is 0.444 e. The Balaban J connectivity index is 1.65. The predicted octanol–water partition coefficient (Wildman–Crippen LogP) is 5.24. The first kappa shape index (κ1) is 18.0. The molecule has 3 heterocycles. The Bertz CT molecular complexity index is 1170. The number of aromatic nitrogens is 3. The molecule has 0 saturated carbocycles. The standard InChI is InChI=1S/C19H14ClN3O2S2/c1-2-7-23-18(24)14-6-5-12(20)9-15(14)22-19(23)27-11-13-10-25-17(21-13)16-4-3-8-26-16/h2-6,8-10H,1,7,11H2. The van der Waals surface area contributed by atoms with E-state index in [0.29, 0.717) is 39.3 Å². The normalized spacial score (nSPS) is 11.1. The van der Waals surface area contributed by atoms with Crippen molar-refractivity contribution >= 4 is 45.6 Å².